The van der Waals surface area contributed by atoms with Gasteiger partial charge in [0.05, 0.1) is 11.6 Å². The van der Waals surface area contributed by atoms with Gasteiger partial charge < -0.3 is 4.90 Å². The van der Waals surface area contributed by atoms with Crippen molar-refractivity contribution >= 4 is 0 Å². The number of rotatable bonds is 4. The van der Waals surface area contributed by atoms with E-state index in [-0.39, 0.29) is 0 Å². The van der Waals surface area contributed by atoms with Crippen molar-refractivity contribution in [1.29, 1.82) is 5.26 Å². The fraction of sp³-hybridized carbons (Fsp3) is 0.562. The Kier molecular flexibility index (Phi) is 4.78. The maximum absolute atomic E-state index is 8.77. The van der Waals surface area contributed by atoms with Crippen LogP contribution in [0.3, 0.4) is 0 Å². The molecule has 1 aromatic rings. The van der Waals surface area contributed by atoms with Crippen molar-refractivity contribution in [2.24, 2.45) is 5.92 Å². The molecule has 18 heavy (non-hydrogen) atoms. The van der Waals surface area contributed by atoms with Crippen LogP contribution in [-0.2, 0) is 6.54 Å². The molecule has 0 atom stereocenters. The average Bonchev–Trinajstić information content (AvgIpc) is 2.40. The predicted octanol–water partition coefficient (Wildman–Crippen LogP) is 3.57. The number of hydrogen-bond acceptors (Lipinski definition) is 2. The van der Waals surface area contributed by atoms with E-state index in [9.17, 15) is 0 Å². The second-order valence-corrected chi connectivity index (χ2v) is 5.51. The summed E-state index contributed by atoms with van der Waals surface area (Å²) in [7, 11) is 2.20. The largest absolute Gasteiger partial charge is 0.302 e. The number of benzene rings is 1. The lowest BCUT2D eigenvalue weighted by Crippen LogP contribution is -2.26. The zero-order chi connectivity index (χ0) is 12.8. The Morgan fingerprint density at radius 1 is 1.17 bits per heavy atom. The summed E-state index contributed by atoms with van der Waals surface area (Å²) in [5.41, 5.74) is 2.04. The van der Waals surface area contributed by atoms with Crippen LogP contribution in [0.4, 0.5) is 0 Å². The molecule has 1 fully saturated rings. The number of nitrogens with zero attached hydrogens (tertiary/aromatic N) is 2. The van der Waals surface area contributed by atoms with E-state index in [0.717, 1.165) is 18.0 Å². The molecule has 0 N–H and O–H groups in total. The van der Waals surface area contributed by atoms with E-state index >= 15 is 0 Å². The third-order valence-electron chi connectivity index (χ3n) is 3.83. The standard InChI is InChI=1S/C16H22N2/c1-18(12-15-5-3-2-4-6-15)13-16-9-7-14(11-17)8-10-16/h7-10,15H,2-6,12-13H2,1H3. The molecule has 0 spiro atoms. The monoisotopic (exact) mass is 242 g/mol. The van der Waals surface area contributed by atoms with Gasteiger partial charge in [-0.15, -0.1) is 0 Å². The summed E-state index contributed by atoms with van der Waals surface area (Å²) in [5, 5.41) is 8.77. The van der Waals surface area contributed by atoms with Gasteiger partial charge in [-0.3, -0.25) is 0 Å². The fourth-order valence-corrected chi connectivity index (χ4v) is 2.87. The Morgan fingerprint density at radius 2 is 1.83 bits per heavy atom. The van der Waals surface area contributed by atoms with E-state index in [1.807, 2.05) is 12.1 Å². The minimum atomic E-state index is 0.744. The minimum absolute atomic E-state index is 0.744. The minimum Gasteiger partial charge on any atom is -0.302 e. The lowest BCUT2D eigenvalue weighted by Gasteiger charge is -2.27. The van der Waals surface area contributed by atoms with Crippen molar-refractivity contribution < 1.29 is 0 Å². The highest BCUT2D eigenvalue weighted by Gasteiger charge is 2.15. The van der Waals surface area contributed by atoms with Crippen LogP contribution in [0, 0.1) is 17.2 Å². The zero-order valence-corrected chi connectivity index (χ0v) is 11.2. The maximum atomic E-state index is 8.77. The lowest BCUT2D eigenvalue weighted by molar-refractivity contribution is 0.228. The maximum Gasteiger partial charge on any atom is 0.0991 e. The van der Waals surface area contributed by atoms with Crippen molar-refractivity contribution in [3.63, 3.8) is 0 Å². The van der Waals surface area contributed by atoms with Gasteiger partial charge in [0.25, 0.3) is 0 Å². The van der Waals surface area contributed by atoms with Gasteiger partial charge in [0.15, 0.2) is 0 Å². The molecule has 1 aliphatic carbocycles. The highest BCUT2D eigenvalue weighted by molar-refractivity contribution is 5.31. The molecule has 1 saturated carbocycles. The molecule has 0 saturated heterocycles. The van der Waals surface area contributed by atoms with Crippen LogP contribution in [0.1, 0.15) is 43.2 Å². The normalized spacial score (nSPS) is 16.7. The van der Waals surface area contributed by atoms with Gasteiger partial charge in [0.1, 0.15) is 0 Å². The van der Waals surface area contributed by atoms with Crippen LogP contribution >= 0.6 is 0 Å². The van der Waals surface area contributed by atoms with Crippen molar-refractivity contribution in [3.05, 3.63) is 35.4 Å². The van der Waals surface area contributed by atoms with Gasteiger partial charge in [0.2, 0.25) is 0 Å². The summed E-state index contributed by atoms with van der Waals surface area (Å²) < 4.78 is 0. The summed E-state index contributed by atoms with van der Waals surface area (Å²) >= 11 is 0. The molecule has 2 rings (SSSR count). The summed E-state index contributed by atoms with van der Waals surface area (Å²) in [5.74, 6) is 0.891. The second kappa shape index (κ2) is 6.56. The van der Waals surface area contributed by atoms with E-state index in [4.69, 9.17) is 5.26 Å². The Morgan fingerprint density at radius 3 is 2.44 bits per heavy atom. The van der Waals surface area contributed by atoms with Crippen molar-refractivity contribution in [2.75, 3.05) is 13.6 Å². The van der Waals surface area contributed by atoms with Gasteiger partial charge >= 0.3 is 0 Å². The van der Waals surface area contributed by atoms with Crippen LogP contribution < -0.4 is 0 Å². The first kappa shape index (κ1) is 13.1. The third kappa shape index (κ3) is 3.85. The Hall–Kier alpha value is -1.33. The molecular weight excluding hydrogens is 220 g/mol. The molecule has 1 aliphatic rings. The quantitative estimate of drug-likeness (QED) is 0.807. The van der Waals surface area contributed by atoms with Gasteiger partial charge in [-0.1, -0.05) is 31.4 Å². The van der Waals surface area contributed by atoms with Crippen LogP contribution in [0.15, 0.2) is 24.3 Å². The number of nitriles is 1. The lowest BCUT2D eigenvalue weighted by atomic mass is 9.89. The Bertz CT molecular complexity index is 396. The molecule has 0 bridgehead atoms. The SMILES string of the molecule is CN(Cc1ccc(C#N)cc1)CC1CCCCC1. The van der Waals surface area contributed by atoms with Crippen LogP contribution in [0.5, 0.6) is 0 Å². The summed E-state index contributed by atoms with van der Waals surface area (Å²) in [6.07, 6.45) is 7.05. The average molecular weight is 242 g/mol. The van der Waals surface area contributed by atoms with Crippen molar-refractivity contribution in [2.45, 2.75) is 38.6 Å². The molecule has 2 nitrogen and oxygen atoms in total. The molecule has 0 unspecified atom stereocenters. The highest BCUT2D eigenvalue weighted by Crippen LogP contribution is 2.24. The molecular formula is C16H22N2. The van der Waals surface area contributed by atoms with E-state index in [1.165, 1.54) is 44.2 Å². The van der Waals surface area contributed by atoms with E-state index < -0.39 is 0 Å². The Balaban J connectivity index is 1.82. The predicted molar refractivity (Wildman–Crippen MR) is 74.1 cm³/mol. The van der Waals surface area contributed by atoms with Crippen LogP contribution in [0.25, 0.3) is 0 Å². The summed E-state index contributed by atoms with van der Waals surface area (Å²) in [6.45, 7) is 2.20. The fourth-order valence-electron chi connectivity index (χ4n) is 2.87. The summed E-state index contributed by atoms with van der Waals surface area (Å²) in [6, 6.07) is 10.1. The van der Waals surface area contributed by atoms with Crippen molar-refractivity contribution in [1.82, 2.24) is 4.90 Å². The molecule has 96 valence electrons. The van der Waals surface area contributed by atoms with Crippen LogP contribution in [0.2, 0.25) is 0 Å². The van der Waals surface area contributed by atoms with Gasteiger partial charge in [-0.05, 0) is 43.5 Å². The Labute approximate surface area is 110 Å². The van der Waals surface area contributed by atoms with Gasteiger partial charge in [0, 0.05) is 13.1 Å². The summed E-state index contributed by atoms with van der Waals surface area (Å²) in [4.78, 5) is 2.41. The first-order valence-electron chi connectivity index (χ1n) is 6.95. The molecule has 1 aromatic carbocycles. The van der Waals surface area contributed by atoms with Crippen LogP contribution in [-0.4, -0.2) is 18.5 Å². The topological polar surface area (TPSA) is 27.0 Å². The molecule has 0 aliphatic heterocycles. The molecule has 0 radical (unpaired) electrons. The van der Waals surface area contributed by atoms with Gasteiger partial charge in [-0.2, -0.15) is 5.26 Å². The number of hydrogen-bond donors (Lipinski definition) is 0. The van der Waals surface area contributed by atoms with Crippen molar-refractivity contribution in [3.8, 4) is 6.07 Å². The first-order chi connectivity index (χ1) is 8.78. The van der Waals surface area contributed by atoms with E-state index in [2.05, 4.69) is 30.1 Å². The smallest absolute Gasteiger partial charge is 0.0991 e. The van der Waals surface area contributed by atoms with E-state index in [0.29, 0.717) is 0 Å². The van der Waals surface area contributed by atoms with E-state index in [1.54, 1.807) is 0 Å². The molecule has 0 amide bonds. The second-order valence-electron chi connectivity index (χ2n) is 5.51. The molecule has 0 aromatic heterocycles. The zero-order valence-electron chi connectivity index (χ0n) is 11.2. The third-order valence-corrected chi connectivity index (χ3v) is 3.83. The molecule has 2 heteroatoms. The van der Waals surface area contributed by atoms with Gasteiger partial charge in [-0.25, -0.2) is 0 Å². The molecule has 0 heterocycles. The highest BCUT2D eigenvalue weighted by atomic mass is 15.1. The first-order valence-corrected chi connectivity index (χ1v) is 6.95.